The molecule has 8 nitrogen and oxygen atoms in total. The first-order chi connectivity index (χ1) is 15.1. The molecule has 1 saturated carbocycles. The van der Waals surface area contributed by atoms with Crippen LogP contribution in [0, 0.1) is 6.92 Å². The molecule has 1 aromatic carbocycles. The first-order valence-corrected chi connectivity index (χ1v) is 10.7. The summed E-state index contributed by atoms with van der Waals surface area (Å²) in [4.78, 5) is 17.8. The molecular weight excluding hydrogens is 394 g/mol. The fourth-order valence-corrected chi connectivity index (χ4v) is 4.37. The number of aryl methyl sites for hydroxylation is 1. The van der Waals surface area contributed by atoms with Gasteiger partial charge >= 0.3 is 0 Å². The molecule has 3 heterocycles. The smallest absolute Gasteiger partial charge is 0.277 e. The first-order valence-electron chi connectivity index (χ1n) is 10.7. The lowest BCUT2D eigenvalue weighted by atomic mass is 9.89. The molecule has 0 saturated heterocycles. The van der Waals surface area contributed by atoms with Gasteiger partial charge in [0.05, 0.1) is 12.3 Å². The van der Waals surface area contributed by atoms with Crippen LogP contribution in [0.15, 0.2) is 46.0 Å². The van der Waals surface area contributed by atoms with Gasteiger partial charge in [0.25, 0.3) is 5.56 Å². The Balaban J connectivity index is 1.49. The second-order valence-corrected chi connectivity index (χ2v) is 8.26. The molecule has 5 rings (SSSR count). The van der Waals surface area contributed by atoms with Crippen molar-refractivity contribution < 1.29 is 9.63 Å². The third-order valence-electron chi connectivity index (χ3n) is 6.10. The Morgan fingerprint density at radius 1 is 1.13 bits per heavy atom. The topological polar surface area (TPSA) is 98.5 Å². The van der Waals surface area contributed by atoms with Gasteiger partial charge in [-0.05, 0) is 19.8 Å². The van der Waals surface area contributed by atoms with Crippen LogP contribution in [0.1, 0.15) is 60.9 Å². The van der Waals surface area contributed by atoms with Crippen LogP contribution in [0.2, 0.25) is 0 Å². The van der Waals surface area contributed by atoms with Crippen LogP contribution in [-0.4, -0.2) is 29.4 Å². The van der Waals surface area contributed by atoms with Crippen molar-refractivity contribution in [2.75, 3.05) is 0 Å². The maximum Gasteiger partial charge on any atom is 0.277 e. The van der Waals surface area contributed by atoms with Crippen LogP contribution in [-0.2, 0) is 13.2 Å². The molecule has 0 spiro atoms. The van der Waals surface area contributed by atoms with Gasteiger partial charge in [0.2, 0.25) is 5.89 Å². The standard InChI is InChI=1S/C23H25N5O3/c1-15-7-9-16(10-8-15)20-18(14-29)21-23(30)27(11-12-28(21)25-20)13-19-24-22(26-31-19)17-5-3-2-4-6-17/h7-12,17,29H,2-6,13-14H2,1H3. The van der Waals surface area contributed by atoms with Gasteiger partial charge in [-0.2, -0.15) is 10.1 Å². The van der Waals surface area contributed by atoms with E-state index in [-0.39, 0.29) is 18.7 Å². The molecule has 1 N–H and O–H groups in total. The van der Waals surface area contributed by atoms with Crippen LogP contribution in [0.5, 0.6) is 0 Å². The van der Waals surface area contributed by atoms with Crippen molar-refractivity contribution in [2.45, 2.75) is 58.1 Å². The molecule has 0 radical (unpaired) electrons. The molecule has 0 atom stereocenters. The normalized spacial score (nSPS) is 15.0. The number of aliphatic hydroxyl groups is 1. The van der Waals surface area contributed by atoms with E-state index in [2.05, 4.69) is 15.2 Å². The largest absolute Gasteiger partial charge is 0.392 e. The SMILES string of the molecule is Cc1ccc(-c2nn3ccn(Cc4nc(C5CCCCC5)no4)c(=O)c3c2CO)cc1. The van der Waals surface area contributed by atoms with Gasteiger partial charge in [-0.1, -0.05) is 54.2 Å². The molecule has 0 amide bonds. The van der Waals surface area contributed by atoms with E-state index in [0.717, 1.165) is 29.8 Å². The average Bonchev–Trinajstić information content (AvgIpc) is 3.42. The van der Waals surface area contributed by atoms with Crippen molar-refractivity contribution in [1.82, 2.24) is 24.3 Å². The minimum absolute atomic E-state index is 0.185. The number of hydrogen-bond acceptors (Lipinski definition) is 6. The zero-order chi connectivity index (χ0) is 21.4. The van der Waals surface area contributed by atoms with E-state index in [9.17, 15) is 9.90 Å². The zero-order valence-electron chi connectivity index (χ0n) is 17.5. The van der Waals surface area contributed by atoms with Crippen molar-refractivity contribution in [3.63, 3.8) is 0 Å². The minimum atomic E-state index is -0.279. The molecule has 1 aliphatic carbocycles. The number of aromatic nitrogens is 5. The van der Waals surface area contributed by atoms with E-state index in [1.165, 1.54) is 28.3 Å². The maximum absolute atomic E-state index is 13.2. The van der Waals surface area contributed by atoms with Crippen LogP contribution < -0.4 is 5.56 Å². The highest BCUT2D eigenvalue weighted by atomic mass is 16.5. The number of fused-ring (bicyclic) bond motifs is 1. The lowest BCUT2D eigenvalue weighted by Gasteiger charge is -2.17. The number of rotatable bonds is 5. The highest BCUT2D eigenvalue weighted by Crippen LogP contribution is 2.31. The fourth-order valence-electron chi connectivity index (χ4n) is 4.37. The summed E-state index contributed by atoms with van der Waals surface area (Å²) in [7, 11) is 0. The monoisotopic (exact) mass is 419 g/mol. The summed E-state index contributed by atoms with van der Waals surface area (Å²) in [6, 6.07) is 7.86. The molecule has 4 aromatic rings. The summed E-state index contributed by atoms with van der Waals surface area (Å²) < 4.78 is 8.49. The molecule has 0 aliphatic heterocycles. The van der Waals surface area contributed by atoms with E-state index < -0.39 is 0 Å². The van der Waals surface area contributed by atoms with Gasteiger partial charge in [-0.25, -0.2) is 4.52 Å². The van der Waals surface area contributed by atoms with Gasteiger partial charge in [-0.3, -0.25) is 4.79 Å². The summed E-state index contributed by atoms with van der Waals surface area (Å²) in [5.41, 5.74) is 3.21. The molecule has 8 heteroatoms. The van der Waals surface area contributed by atoms with Crippen LogP contribution in [0.4, 0.5) is 0 Å². The van der Waals surface area contributed by atoms with Crippen LogP contribution in [0.25, 0.3) is 16.8 Å². The Hall–Kier alpha value is -3.26. The number of nitrogens with zero attached hydrogens (tertiary/aromatic N) is 5. The minimum Gasteiger partial charge on any atom is -0.392 e. The number of benzene rings is 1. The summed E-state index contributed by atoms with van der Waals surface area (Å²) in [6.07, 6.45) is 9.20. The van der Waals surface area contributed by atoms with E-state index in [1.807, 2.05) is 31.2 Å². The number of hydrogen-bond donors (Lipinski definition) is 1. The molecular formula is C23H25N5O3. The highest BCUT2D eigenvalue weighted by Gasteiger charge is 2.22. The third kappa shape index (κ3) is 3.67. The Kier molecular flexibility index (Phi) is 5.15. The lowest BCUT2D eigenvalue weighted by molar-refractivity contribution is 0.283. The van der Waals surface area contributed by atoms with E-state index in [1.54, 1.807) is 12.4 Å². The van der Waals surface area contributed by atoms with Crippen molar-refractivity contribution >= 4 is 5.52 Å². The van der Waals surface area contributed by atoms with Crippen molar-refractivity contribution in [3.05, 3.63) is 69.9 Å². The Labute approximate surface area is 179 Å². The van der Waals surface area contributed by atoms with Crippen molar-refractivity contribution in [2.24, 2.45) is 0 Å². The van der Waals surface area contributed by atoms with Gasteiger partial charge in [0, 0.05) is 29.4 Å². The van der Waals surface area contributed by atoms with Crippen LogP contribution >= 0.6 is 0 Å². The summed E-state index contributed by atoms with van der Waals surface area (Å²) >= 11 is 0. The quantitative estimate of drug-likeness (QED) is 0.532. The molecule has 160 valence electrons. The van der Waals surface area contributed by atoms with Gasteiger partial charge < -0.3 is 14.2 Å². The van der Waals surface area contributed by atoms with E-state index in [0.29, 0.717) is 28.6 Å². The predicted octanol–water partition coefficient (Wildman–Crippen LogP) is 3.44. The van der Waals surface area contributed by atoms with Gasteiger partial charge in [0.1, 0.15) is 12.1 Å². The summed E-state index contributed by atoms with van der Waals surface area (Å²) in [5, 5.41) is 18.7. The molecule has 3 aromatic heterocycles. The molecule has 1 aliphatic rings. The summed E-state index contributed by atoms with van der Waals surface area (Å²) in [6.45, 7) is 1.92. The van der Waals surface area contributed by atoms with Crippen molar-refractivity contribution in [3.8, 4) is 11.3 Å². The Morgan fingerprint density at radius 3 is 2.65 bits per heavy atom. The van der Waals surface area contributed by atoms with Crippen molar-refractivity contribution in [1.29, 1.82) is 0 Å². The zero-order valence-corrected chi connectivity index (χ0v) is 17.5. The molecule has 0 bridgehead atoms. The predicted molar refractivity (Wildman–Crippen MR) is 115 cm³/mol. The average molecular weight is 419 g/mol. The number of aliphatic hydroxyl groups excluding tert-OH is 1. The second-order valence-electron chi connectivity index (χ2n) is 8.26. The maximum atomic E-state index is 13.2. The van der Waals surface area contributed by atoms with Crippen LogP contribution in [0.3, 0.4) is 0 Å². The molecule has 31 heavy (non-hydrogen) atoms. The van der Waals surface area contributed by atoms with Gasteiger partial charge in [-0.15, -0.1) is 0 Å². The second kappa shape index (κ2) is 8.11. The Bertz CT molecular complexity index is 1260. The highest BCUT2D eigenvalue weighted by molar-refractivity contribution is 5.72. The van der Waals surface area contributed by atoms with E-state index >= 15 is 0 Å². The first kappa shape index (κ1) is 19.7. The Morgan fingerprint density at radius 2 is 1.90 bits per heavy atom. The van der Waals surface area contributed by atoms with E-state index in [4.69, 9.17) is 4.52 Å². The molecule has 1 fully saturated rings. The molecule has 0 unspecified atom stereocenters. The summed E-state index contributed by atoms with van der Waals surface area (Å²) in [5.74, 6) is 1.50. The third-order valence-corrected chi connectivity index (χ3v) is 6.10. The van der Waals surface area contributed by atoms with Gasteiger partial charge in [0.15, 0.2) is 5.82 Å². The lowest BCUT2D eigenvalue weighted by Crippen LogP contribution is -2.22. The fraction of sp³-hybridized carbons (Fsp3) is 0.391.